The van der Waals surface area contributed by atoms with Crippen molar-refractivity contribution in [3.05, 3.63) is 77.4 Å². The van der Waals surface area contributed by atoms with Crippen LogP contribution in [0.2, 0.25) is 0 Å². The first-order valence-corrected chi connectivity index (χ1v) is 10.9. The molecule has 31 heavy (non-hydrogen) atoms. The quantitative estimate of drug-likeness (QED) is 0.367. The molecule has 1 aromatic rings. The summed E-state index contributed by atoms with van der Waals surface area (Å²) >= 11 is 0. The highest BCUT2D eigenvalue weighted by Gasteiger charge is 2.26. The number of rotatable bonds is 8. The van der Waals surface area contributed by atoms with Crippen molar-refractivity contribution in [1.82, 2.24) is 5.32 Å². The summed E-state index contributed by atoms with van der Waals surface area (Å²) in [6, 6.07) is 6.96. The monoisotopic (exact) mass is 427 g/mol. The Labute approximate surface area is 187 Å². The molecule has 1 aromatic carbocycles. The van der Waals surface area contributed by atoms with E-state index in [0.29, 0.717) is 0 Å². The molecule has 170 valence electrons. The van der Waals surface area contributed by atoms with Crippen LogP contribution in [0.1, 0.15) is 65.0 Å². The molecule has 2 N–H and O–H groups in total. The van der Waals surface area contributed by atoms with Crippen LogP contribution in [0.15, 0.2) is 66.3 Å². The SMILES string of the molecule is C/C=C\C=C/C1=Cc2ccccc2C1COC(=O)N[C@@H](C/C=C/C)C(=O)O.CC.CC. The Kier molecular flexibility index (Phi) is 15.0. The van der Waals surface area contributed by atoms with Crippen molar-refractivity contribution in [2.24, 2.45) is 0 Å². The first-order valence-electron chi connectivity index (χ1n) is 10.9. The van der Waals surface area contributed by atoms with E-state index >= 15 is 0 Å². The molecular weight excluding hydrogens is 390 g/mol. The van der Waals surface area contributed by atoms with Crippen LogP contribution in [0.4, 0.5) is 4.79 Å². The molecule has 2 atom stereocenters. The van der Waals surface area contributed by atoms with Gasteiger partial charge in [-0.05, 0) is 37.0 Å². The lowest BCUT2D eigenvalue weighted by Crippen LogP contribution is -2.41. The number of nitrogens with one attached hydrogen (secondary N) is 1. The van der Waals surface area contributed by atoms with Gasteiger partial charge in [0.1, 0.15) is 12.6 Å². The van der Waals surface area contributed by atoms with Gasteiger partial charge in [0.25, 0.3) is 0 Å². The molecule has 0 spiro atoms. The van der Waals surface area contributed by atoms with E-state index in [2.05, 4.69) is 11.4 Å². The Morgan fingerprint density at radius 3 is 2.39 bits per heavy atom. The number of ether oxygens (including phenoxy) is 1. The van der Waals surface area contributed by atoms with Gasteiger partial charge in [-0.25, -0.2) is 9.59 Å². The number of carbonyl (C=O) groups excluding carboxylic acids is 1. The van der Waals surface area contributed by atoms with Gasteiger partial charge < -0.3 is 15.2 Å². The number of carbonyl (C=O) groups is 2. The summed E-state index contributed by atoms with van der Waals surface area (Å²) in [5.41, 5.74) is 3.24. The fraction of sp³-hybridized carbons (Fsp3) is 0.385. The van der Waals surface area contributed by atoms with Crippen LogP contribution in [-0.2, 0) is 9.53 Å². The normalized spacial score (nSPS) is 15.4. The van der Waals surface area contributed by atoms with Crippen molar-refractivity contribution in [3.8, 4) is 0 Å². The Morgan fingerprint density at radius 2 is 1.77 bits per heavy atom. The summed E-state index contributed by atoms with van der Waals surface area (Å²) in [5, 5.41) is 11.6. The lowest BCUT2D eigenvalue weighted by molar-refractivity contribution is -0.139. The summed E-state index contributed by atoms with van der Waals surface area (Å²) in [6.45, 7) is 11.9. The first kappa shape index (κ1) is 27.9. The summed E-state index contributed by atoms with van der Waals surface area (Å²) in [5.74, 6) is -1.17. The molecule has 1 amide bonds. The molecular formula is C26H37NO4. The zero-order valence-electron chi connectivity index (χ0n) is 19.6. The molecule has 1 aliphatic carbocycles. The van der Waals surface area contributed by atoms with E-state index in [1.165, 1.54) is 0 Å². The van der Waals surface area contributed by atoms with Crippen molar-refractivity contribution >= 4 is 18.1 Å². The minimum atomic E-state index is -1.09. The van der Waals surface area contributed by atoms with E-state index in [0.717, 1.165) is 16.7 Å². The second-order valence-electron chi connectivity index (χ2n) is 6.15. The summed E-state index contributed by atoms with van der Waals surface area (Å²) < 4.78 is 5.35. The van der Waals surface area contributed by atoms with E-state index in [-0.39, 0.29) is 18.9 Å². The highest BCUT2D eigenvalue weighted by atomic mass is 16.5. The molecule has 0 aromatic heterocycles. The van der Waals surface area contributed by atoms with Gasteiger partial charge in [0.05, 0.1) is 0 Å². The molecule has 0 radical (unpaired) electrons. The van der Waals surface area contributed by atoms with Crippen LogP contribution in [-0.4, -0.2) is 29.8 Å². The number of aliphatic carboxylic acids is 1. The molecule has 0 aliphatic heterocycles. The second kappa shape index (κ2) is 16.7. The van der Waals surface area contributed by atoms with Crippen LogP contribution >= 0.6 is 0 Å². The predicted octanol–water partition coefficient (Wildman–Crippen LogP) is 6.50. The van der Waals surface area contributed by atoms with Crippen molar-refractivity contribution in [1.29, 1.82) is 0 Å². The standard InChI is InChI=1S/C22H25NO4.2C2H6/c1-3-5-7-10-17-14-16-11-8-9-12-18(16)19(17)15-27-22(26)23-20(21(24)25)13-6-4-2;2*1-2/h3-12,14,19-20H,13,15H2,1-2H3,(H,23,26)(H,24,25);2*1-2H3/b5-3-,6-4+,10-7-;;/t19?,20-;;/m0../s1. The lowest BCUT2D eigenvalue weighted by atomic mass is 9.96. The average Bonchev–Trinajstić information content (AvgIpc) is 3.15. The summed E-state index contributed by atoms with van der Waals surface area (Å²) in [4.78, 5) is 23.3. The van der Waals surface area contributed by atoms with Gasteiger partial charge in [-0.2, -0.15) is 0 Å². The summed E-state index contributed by atoms with van der Waals surface area (Å²) in [6.07, 6.45) is 12.8. The number of carboxylic acid groups (broad SMARTS) is 1. The molecule has 0 saturated heterocycles. The number of alkyl carbamates (subject to hydrolysis) is 1. The number of fused-ring (bicyclic) bond motifs is 1. The lowest BCUT2D eigenvalue weighted by Gasteiger charge is -2.17. The fourth-order valence-electron chi connectivity index (χ4n) is 2.88. The molecule has 1 aliphatic rings. The first-order chi connectivity index (χ1) is 15.1. The van der Waals surface area contributed by atoms with E-state index in [1.807, 2.05) is 83.2 Å². The smallest absolute Gasteiger partial charge is 0.407 e. The topological polar surface area (TPSA) is 75.6 Å². The van der Waals surface area contributed by atoms with Crippen LogP contribution in [0, 0.1) is 0 Å². The number of carboxylic acids is 1. The van der Waals surface area contributed by atoms with Gasteiger partial charge in [0.2, 0.25) is 0 Å². The van der Waals surface area contributed by atoms with Crippen molar-refractivity contribution in [2.75, 3.05) is 6.61 Å². The second-order valence-corrected chi connectivity index (χ2v) is 6.15. The van der Waals surface area contributed by atoms with Crippen molar-refractivity contribution in [3.63, 3.8) is 0 Å². The molecule has 2 rings (SSSR count). The number of hydrogen-bond donors (Lipinski definition) is 2. The van der Waals surface area contributed by atoms with Crippen LogP contribution in [0.25, 0.3) is 6.08 Å². The fourth-order valence-corrected chi connectivity index (χ4v) is 2.88. The minimum absolute atomic E-state index is 0.0766. The van der Waals surface area contributed by atoms with Crippen molar-refractivity contribution in [2.45, 2.75) is 59.9 Å². The Hall–Kier alpha value is -3.08. The van der Waals surface area contributed by atoms with Crippen LogP contribution in [0.3, 0.4) is 0 Å². The third kappa shape index (κ3) is 9.51. The van der Waals surface area contributed by atoms with Crippen LogP contribution < -0.4 is 5.32 Å². The third-order valence-electron chi connectivity index (χ3n) is 4.27. The molecule has 5 nitrogen and oxygen atoms in total. The predicted molar refractivity (Wildman–Crippen MR) is 129 cm³/mol. The molecule has 0 heterocycles. The zero-order chi connectivity index (χ0) is 23.6. The minimum Gasteiger partial charge on any atom is -0.480 e. The molecule has 5 heteroatoms. The highest BCUT2D eigenvalue weighted by Crippen LogP contribution is 2.37. The summed E-state index contributed by atoms with van der Waals surface area (Å²) in [7, 11) is 0. The Bertz CT molecular complexity index is 790. The largest absolute Gasteiger partial charge is 0.480 e. The number of benzene rings is 1. The van der Waals surface area contributed by atoms with E-state index < -0.39 is 18.1 Å². The zero-order valence-corrected chi connectivity index (χ0v) is 19.6. The van der Waals surface area contributed by atoms with Gasteiger partial charge in [-0.15, -0.1) is 0 Å². The number of amides is 1. The number of allylic oxidation sites excluding steroid dienone is 5. The average molecular weight is 428 g/mol. The van der Waals surface area contributed by atoms with E-state index in [1.54, 1.807) is 19.1 Å². The van der Waals surface area contributed by atoms with Gasteiger partial charge in [-0.1, -0.05) is 94.5 Å². The van der Waals surface area contributed by atoms with Gasteiger partial charge in [0, 0.05) is 5.92 Å². The maximum Gasteiger partial charge on any atom is 0.407 e. The Balaban J connectivity index is 0.00000212. The Morgan fingerprint density at radius 1 is 1.10 bits per heavy atom. The van der Waals surface area contributed by atoms with E-state index in [9.17, 15) is 14.7 Å². The van der Waals surface area contributed by atoms with Crippen LogP contribution in [0.5, 0.6) is 0 Å². The van der Waals surface area contributed by atoms with Gasteiger partial charge in [0.15, 0.2) is 0 Å². The molecule has 0 fully saturated rings. The number of hydrogen-bond acceptors (Lipinski definition) is 3. The maximum absolute atomic E-state index is 12.1. The molecule has 0 saturated carbocycles. The van der Waals surface area contributed by atoms with Crippen molar-refractivity contribution < 1.29 is 19.4 Å². The third-order valence-corrected chi connectivity index (χ3v) is 4.27. The molecule has 1 unspecified atom stereocenters. The van der Waals surface area contributed by atoms with E-state index in [4.69, 9.17) is 4.74 Å². The highest BCUT2D eigenvalue weighted by molar-refractivity contribution is 5.80. The van der Waals surface area contributed by atoms with Gasteiger partial charge in [-0.3, -0.25) is 0 Å². The molecule has 0 bridgehead atoms. The van der Waals surface area contributed by atoms with Gasteiger partial charge >= 0.3 is 12.1 Å². The maximum atomic E-state index is 12.1.